The van der Waals surface area contributed by atoms with E-state index in [1.54, 1.807) is 10.7 Å². The van der Waals surface area contributed by atoms with Gasteiger partial charge >= 0.3 is 0 Å². The number of halogens is 1. The number of tetrazole rings is 1. The molecule has 5 nitrogen and oxygen atoms in total. The van der Waals surface area contributed by atoms with Crippen molar-refractivity contribution < 1.29 is 4.39 Å². The zero-order valence-electron chi connectivity index (χ0n) is 10.5. The van der Waals surface area contributed by atoms with Crippen LogP contribution in [-0.2, 0) is 0 Å². The molecule has 96 valence electrons. The predicted molar refractivity (Wildman–Crippen MR) is 67.2 cm³/mol. The maximum Gasteiger partial charge on any atom is 0.185 e. The highest BCUT2D eigenvalue weighted by Gasteiger charge is 2.18. The summed E-state index contributed by atoms with van der Waals surface area (Å²) < 4.78 is 15.5. The molecule has 0 aliphatic heterocycles. The first-order valence-corrected chi connectivity index (χ1v) is 6.00. The van der Waals surface area contributed by atoms with Gasteiger partial charge in [0.1, 0.15) is 5.82 Å². The second-order valence-electron chi connectivity index (χ2n) is 4.16. The van der Waals surface area contributed by atoms with Gasteiger partial charge in [-0.3, -0.25) is 0 Å². The summed E-state index contributed by atoms with van der Waals surface area (Å²) in [4.78, 5) is 0. The highest BCUT2D eigenvalue weighted by atomic mass is 19.1. The van der Waals surface area contributed by atoms with E-state index in [2.05, 4.69) is 29.4 Å². The summed E-state index contributed by atoms with van der Waals surface area (Å²) in [6, 6.07) is 4.57. The Kier molecular flexibility index (Phi) is 3.55. The van der Waals surface area contributed by atoms with Crippen molar-refractivity contribution in [1.29, 1.82) is 0 Å². The van der Waals surface area contributed by atoms with Gasteiger partial charge in [-0.15, -0.1) is 5.10 Å². The van der Waals surface area contributed by atoms with Gasteiger partial charge in [-0.25, -0.2) is 9.07 Å². The summed E-state index contributed by atoms with van der Waals surface area (Å²) in [5.41, 5.74) is 6.51. The molecule has 0 spiro atoms. The lowest BCUT2D eigenvalue weighted by atomic mass is 10.1. The normalized spacial score (nSPS) is 11.1. The number of nitrogens with two attached hydrogens (primary N) is 1. The molecule has 1 aromatic heterocycles. The second-order valence-corrected chi connectivity index (χ2v) is 4.16. The van der Waals surface area contributed by atoms with Crippen LogP contribution in [0, 0.1) is 5.82 Å². The van der Waals surface area contributed by atoms with Crippen LogP contribution in [0.4, 0.5) is 10.1 Å². The van der Waals surface area contributed by atoms with Crippen molar-refractivity contribution in [1.82, 2.24) is 20.2 Å². The van der Waals surface area contributed by atoms with Crippen LogP contribution < -0.4 is 5.73 Å². The fourth-order valence-electron chi connectivity index (χ4n) is 1.97. The van der Waals surface area contributed by atoms with Crippen LogP contribution in [0.1, 0.15) is 32.7 Å². The summed E-state index contributed by atoms with van der Waals surface area (Å²) in [5, 5.41) is 11.5. The van der Waals surface area contributed by atoms with E-state index in [0.29, 0.717) is 17.1 Å². The van der Waals surface area contributed by atoms with Gasteiger partial charge in [0.05, 0.1) is 11.6 Å². The van der Waals surface area contributed by atoms with Gasteiger partial charge in [-0.1, -0.05) is 13.8 Å². The SMILES string of the molecule is CCC(CC)n1nnnc1-c1cc(N)ccc1F. The molecule has 1 aromatic carbocycles. The first-order chi connectivity index (χ1) is 8.67. The topological polar surface area (TPSA) is 69.6 Å². The molecule has 0 radical (unpaired) electrons. The molecular weight excluding hydrogens is 233 g/mol. The minimum absolute atomic E-state index is 0.163. The van der Waals surface area contributed by atoms with Crippen molar-refractivity contribution in [2.45, 2.75) is 32.7 Å². The molecule has 2 N–H and O–H groups in total. The van der Waals surface area contributed by atoms with Crippen LogP contribution in [0.2, 0.25) is 0 Å². The number of nitrogen functional groups attached to an aromatic ring is 1. The van der Waals surface area contributed by atoms with Crippen LogP contribution in [0.3, 0.4) is 0 Å². The molecule has 2 aromatic rings. The first kappa shape index (κ1) is 12.5. The van der Waals surface area contributed by atoms with Crippen molar-refractivity contribution in [3.8, 4) is 11.4 Å². The summed E-state index contributed by atoms with van der Waals surface area (Å²) in [6.07, 6.45) is 1.77. The van der Waals surface area contributed by atoms with Crippen molar-refractivity contribution in [3.63, 3.8) is 0 Å². The van der Waals surface area contributed by atoms with E-state index in [-0.39, 0.29) is 11.9 Å². The Morgan fingerprint density at radius 2 is 2.06 bits per heavy atom. The number of aromatic nitrogens is 4. The van der Waals surface area contributed by atoms with E-state index in [0.717, 1.165) is 12.8 Å². The van der Waals surface area contributed by atoms with E-state index in [1.807, 2.05) is 0 Å². The molecule has 1 heterocycles. The number of rotatable bonds is 4. The number of anilines is 1. The summed E-state index contributed by atoms with van der Waals surface area (Å²) >= 11 is 0. The molecule has 0 saturated heterocycles. The zero-order chi connectivity index (χ0) is 13.1. The largest absolute Gasteiger partial charge is 0.399 e. The van der Waals surface area contributed by atoms with E-state index < -0.39 is 0 Å². The Hall–Kier alpha value is -1.98. The smallest absolute Gasteiger partial charge is 0.185 e. The van der Waals surface area contributed by atoms with Crippen LogP contribution in [0.25, 0.3) is 11.4 Å². The highest BCUT2D eigenvalue weighted by molar-refractivity contribution is 5.61. The van der Waals surface area contributed by atoms with Gasteiger partial charge in [0.25, 0.3) is 0 Å². The first-order valence-electron chi connectivity index (χ1n) is 6.00. The zero-order valence-corrected chi connectivity index (χ0v) is 10.5. The highest BCUT2D eigenvalue weighted by Crippen LogP contribution is 2.26. The lowest BCUT2D eigenvalue weighted by Crippen LogP contribution is -2.11. The minimum Gasteiger partial charge on any atom is -0.399 e. The van der Waals surface area contributed by atoms with Gasteiger partial charge < -0.3 is 5.73 Å². The molecular formula is C12H16FN5. The maximum atomic E-state index is 13.8. The average Bonchev–Trinajstić information content (AvgIpc) is 2.83. The van der Waals surface area contributed by atoms with Crippen LogP contribution in [0.5, 0.6) is 0 Å². The third-order valence-electron chi connectivity index (χ3n) is 3.01. The predicted octanol–water partition coefficient (Wildman–Crippen LogP) is 2.42. The molecule has 2 rings (SSSR count). The summed E-state index contributed by atoms with van der Waals surface area (Å²) in [5.74, 6) is 0.0553. The molecule has 0 saturated carbocycles. The van der Waals surface area contributed by atoms with E-state index in [4.69, 9.17) is 5.73 Å². The number of nitrogens with zero attached hydrogens (tertiary/aromatic N) is 4. The molecule has 0 unspecified atom stereocenters. The Bertz CT molecular complexity index is 533. The minimum atomic E-state index is -0.369. The summed E-state index contributed by atoms with van der Waals surface area (Å²) in [7, 11) is 0. The average molecular weight is 249 g/mol. The lowest BCUT2D eigenvalue weighted by Gasteiger charge is -2.14. The van der Waals surface area contributed by atoms with E-state index in [1.165, 1.54) is 12.1 Å². The van der Waals surface area contributed by atoms with Crippen molar-refractivity contribution in [2.24, 2.45) is 0 Å². The molecule has 0 aliphatic rings. The van der Waals surface area contributed by atoms with E-state index >= 15 is 0 Å². The molecule has 18 heavy (non-hydrogen) atoms. The third kappa shape index (κ3) is 2.18. The van der Waals surface area contributed by atoms with Gasteiger partial charge in [0, 0.05) is 5.69 Å². The van der Waals surface area contributed by atoms with Crippen LogP contribution in [0.15, 0.2) is 18.2 Å². The molecule has 0 atom stereocenters. The standard InChI is InChI=1S/C12H16FN5/c1-3-9(4-2)18-12(15-16-17-18)10-7-8(14)5-6-11(10)13/h5-7,9H,3-4,14H2,1-2H3. The molecule has 6 heteroatoms. The Labute approximate surface area is 105 Å². The van der Waals surface area contributed by atoms with Crippen molar-refractivity contribution in [3.05, 3.63) is 24.0 Å². The maximum absolute atomic E-state index is 13.8. The van der Waals surface area contributed by atoms with Gasteiger partial charge in [0.15, 0.2) is 5.82 Å². The summed E-state index contributed by atoms with van der Waals surface area (Å²) in [6.45, 7) is 4.10. The fraction of sp³-hybridized carbons (Fsp3) is 0.417. The molecule has 0 amide bonds. The number of benzene rings is 1. The van der Waals surface area contributed by atoms with Crippen LogP contribution >= 0.6 is 0 Å². The third-order valence-corrected chi connectivity index (χ3v) is 3.01. The van der Waals surface area contributed by atoms with Gasteiger partial charge in [0.2, 0.25) is 0 Å². The fourth-order valence-corrected chi connectivity index (χ4v) is 1.97. The van der Waals surface area contributed by atoms with Gasteiger partial charge in [-0.2, -0.15) is 0 Å². The molecule has 0 aliphatic carbocycles. The number of hydrogen-bond donors (Lipinski definition) is 1. The Morgan fingerprint density at radius 3 is 2.72 bits per heavy atom. The Balaban J connectivity index is 2.51. The van der Waals surface area contributed by atoms with Crippen LogP contribution in [-0.4, -0.2) is 20.2 Å². The monoisotopic (exact) mass is 249 g/mol. The quantitative estimate of drug-likeness (QED) is 0.845. The lowest BCUT2D eigenvalue weighted by molar-refractivity contribution is 0.421. The Morgan fingerprint density at radius 1 is 1.33 bits per heavy atom. The van der Waals surface area contributed by atoms with Crippen molar-refractivity contribution in [2.75, 3.05) is 5.73 Å². The molecule has 0 bridgehead atoms. The van der Waals surface area contributed by atoms with E-state index in [9.17, 15) is 4.39 Å². The second kappa shape index (κ2) is 5.12. The number of hydrogen-bond acceptors (Lipinski definition) is 4. The van der Waals surface area contributed by atoms with Gasteiger partial charge in [-0.05, 0) is 41.5 Å². The molecule has 0 fully saturated rings. The van der Waals surface area contributed by atoms with Crippen molar-refractivity contribution >= 4 is 5.69 Å².